The molecular formula is C23H19Br2FO6P+. The van der Waals surface area contributed by atoms with Crippen LogP contribution in [0.1, 0.15) is 34.0 Å². The largest absolute Gasteiger partial charge is 0.508 e. The van der Waals surface area contributed by atoms with Crippen molar-refractivity contribution >= 4 is 46.3 Å². The summed E-state index contributed by atoms with van der Waals surface area (Å²) in [5.41, 5.74) is 1.33. The van der Waals surface area contributed by atoms with Crippen LogP contribution in [-0.2, 0) is 21.1 Å². The zero-order chi connectivity index (χ0) is 24.3. The Morgan fingerprint density at radius 1 is 1.12 bits per heavy atom. The molecule has 6 nitrogen and oxygen atoms in total. The number of phenols is 1. The van der Waals surface area contributed by atoms with E-state index >= 15 is 0 Å². The Balaban J connectivity index is 1.90. The van der Waals surface area contributed by atoms with Crippen molar-refractivity contribution in [1.29, 1.82) is 0 Å². The van der Waals surface area contributed by atoms with E-state index in [-0.39, 0.29) is 17.7 Å². The number of phenolic OH excluding ortho intramolecular Hbond substituents is 1. The second-order valence-corrected chi connectivity index (χ2v) is 10.2. The highest BCUT2D eigenvalue weighted by Crippen LogP contribution is 2.43. The molecule has 2 atom stereocenters. The molecule has 172 valence electrons. The first-order valence-electron chi connectivity index (χ1n) is 9.53. The van der Waals surface area contributed by atoms with E-state index in [9.17, 15) is 24.0 Å². The van der Waals surface area contributed by atoms with Crippen molar-refractivity contribution in [2.45, 2.75) is 18.7 Å². The lowest BCUT2D eigenvalue weighted by Crippen LogP contribution is -2.12. The van der Waals surface area contributed by atoms with E-state index in [0.29, 0.717) is 37.1 Å². The number of benzene rings is 3. The maximum Gasteiger partial charge on any atom is 0.364 e. The molecule has 0 amide bonds. The van der Waals surface area contributed by atoms with Crippen molar-refractivity contribution in [2.24, 2.45) is 0 Å². The monoisotopic (exact) mass is 599 g/mol. The molecule has 10 heteroatoms. The van der Waals surface area contributed by atoms with Crippen LogP contribution in [0, 0.1) is 5.82 Å². The molecule has 0 bridgehead atoms. The summed E-state index contributed by atoms with van der Waals surface area (Å²) in [7, 11) is 0.219. The lowest BCUT2D eigenvalue weighted by Gasteiger charge is -2.15. The van der Waals surface area contributed by atoms with Crippen LogP contribution < -0.4 is 4.74 Å². The van der Waals surface area contributed by atoms with Crippen molar-refractivity contribution in [2.75, 3.05) is 7.11 Å². The number of aliphatic hydroxyl groups is 1. The molecule has 2 N–H and O–H groups in total. The Labute approximate surface area is 207 Å². The molecule has 0 saturated carbocycles. The van der Waals surface area contributed by atoms with Gasteiger partial charge in [-0.25, -0.2) is 9.18 Å². The van der Waals surface area contributed by atoms with E-state index in [1.54, 1.807) is 24.3 Å². The van der Waals surface area contributed by atoms with Crippen molar-refractivity contribution in [3.8, 4) is 17.2 Å². The zero-order valence-electron chi connectivity index (χ0n) is 17.5. The molecule has 3 aromatic rings. The van der Waals surface area contributed by atoms with Gasteiger partial charge in [0.25, 0.3) is 5.34 Å². The molecule has 3 rings (SSSR count). The smallest absolute Gasteiger partial charge is 0.364 e. The summed E-state index contributed by atoms with van der Waals surface area (Å²) in [5, 5.41) is 19.1. The van der Waals surface area contributed by atoms with E-state index < -0.39 is 25.6 Å². The fraction of sp³-hybridized carbons (Fsp3) is 0.174. The first-order chi connectivity index (χ1) is 15.6. The summed E-state index contributed by atoms with van der Waals surface area (Å²) >= 11 is 6.81. The molecule has 2 unspecified atom stereocenters. The Morgan fingerprint density at radius 2 is 1.79 bits per heavy atom. The number of methoxy groups -OCH3 is 1. The molecule has 33 heavy (non-hydrogen) atoms. The number of aromatic hydroxyl groups is 1. The van der Waals surface area contributed by atoms with Gasteiger partial charge in [0.15, 0.2) is 5.75 Å². The highest BCUT2D eigenvalue weighted by molar-refractivity contribution is 9.11. The minimum Gasteiger partial charge on any atom is -0.508 e. The molecule has 0 heterocycles. The molecule has 0 aromatic heterocycles. The van der Waals surface area contributed by atoms with E-state index in [4.69, 9.17) is 4.74 Å². The van der Waals surface area contributed by atoms with Gasteiger partial charge in [0, 0.05) is 24.5 Å². The van der Waals surface area contributed by atoms with Crippen LogP contribution >= 0.6 is 40.3 Å². The number of hydrogen-bond donors (Lipinski definition) is 2. The minimum absolute atomic E-state index is 0.00672. The standard InChI is InChI=1S/C23H18Br2FO6P/c1-23(29,33-30)14-10-17(24)21(18(25)11-14)32-15-4-6-20(27)13(9-15)7-12-3-5-19(26)16(8-12)22(28)31-2/h3-6,8-11,27,29H,7H2,1-2H3/p+1. The van der Waals surface area contributed by atoms with Gasteiger partial charge in [-0.1, -0.05) is 10.6 Å². The average molecular weight is 601 g/mol. The average Bonchev–Trinajstić information content (AvgIpc) is 2.78. The number of rotatable bonds is 7. The van der Waals surface area contributed by atoms with E-state index in [2.05, 4.69) is 36.6 Å². The molecule has 0 aliphatic rings. The first-order valence-corrected chi connectivity index (χ1v) is 12.0. The van der Waals surface area contributed by atoms with Crippen LogP contribution in [0.4, 0.5) is 4.39 Å². The summed E-state index contributed by atoms with van der Waals surface area (Å²) in [6.07, 6.45) is 0.210. The van der Waals surface area contributed by atoms with Crippen LogP contribution in [0.25, 0.3) is 0 Å². The third-order valence-electron chi connectivity index (χ3n) is 4.86. The summed E-state index contributed by atoms with van der Waals surface area (Å²) in [6, 6.07) is 12.0. The molecule has 0 fully saturated rings. The number of carbonyl (C=O) groups excluding carboxylic acids is 1. The summed E-state index contributed by atoms with van der Waals surface area (Å²) in [4.78, 5) is 11.8. The first kappa shape index (κ1) is 25.3. The van der Waals surface area contributed by atoms with Gasteiger partial charge in [-0.15, -0.1) is 0 Å². The molecular weight excluding hydrogens is 582 g/mol. The summed E-state index contributed by atoms with van der Waals surface area (Å²) < 4.78 is 36.8. The van der Waals surface area contributed by atoms with Crippen LogP contribution in [0.15, 0.2) is 57.5 Å². The fourth-order valence-electron chi connectivity index (χ4n) is 3.05. The predicted octanol–water partition coefficient (Wildman–Crippen LogP) is 6.42. The van der Waals surface area contributed by atoms with Gasteiger partial charge in [0.05, 0.1) is 21.6 Å². The normalized spacial score (nSPS) is 12.9. The summed E-state index contributed by atoms with van der Waals surface area (Å²) in [5.74, 6) is -0.654. The van der Waals surface area contributed by atoms with Crippen LogP contribution in [0.5, 0.6) is 17.2 Å². The highest BCUT2D eigenvalue weighted by Gasteiger charge is 2.33. The topological polar surface area (TPSA) is 93.1 Å². The van der Waals surface area contributed by atoms with E-state index in [1.165, 1.54) is 38.3 Å². The number of carbonyl (C=O) groups is 1. The van der Waals surface area contributed by atoms with Gasteiger partial charge < -0.3 is 19.7 Å². The van der Waals surface area contributed by atoms with Crippen molar-refractivity contribution in [1.82, 2.24) is 0 Å². The van der Waals surface area contributed by atoms with Gasteiger partial charge in [0.2, 0.25) is 0 Å². The van der Waals surface area contributed by atoms with Crippen molar-refractivity contribution in [3.05, 3.63) is 85.5 Å². The Morgan fingerprint density at radius 3 is 2.39 bits per heavy atom. The van der Waals surface area contributed by atoms with E-state index in [0.717, 1.165) is 0 Å². The van der Waals surface area contributed by atoms with Gasteiger partial charge in [-0.3, -0.25) is 0 Å². The van der Waals surface area contributed by atoms with Gasteiger partial charge >= 0.3 is 14.4 Å². The van der Waals surface area contributed by atoms with Crippen LogP contribution in [-0.4, -0.2) is 23.3 Å². The fourth-order valence-corrected chi connectivity index (χ4v) is 4.66. The molecule has 0 spiro atoms. The van der Waals surface area contributed by atoms with Gasteiger partial charge in [-0.05, 0) is 79.9 Å². The van der Waals surface area contributed by atoms with Crippen LogP contribution in [0.3, 0.4) is 0 Å². The highest BCUT2D eigenvalue weighted by atomic mass is 79.9. The Bertz CT molecular complexity index is 1210. The number of esters is 1. The molecule has 0 aliphatic heterocycles. The van der Waals surface area contributed by atoms with Crippen molar-refractivity contribution < 1.29 is 33.4 Å². The predicted molar refractivity (Wildman–Crippen MR) is 129 cm³/mol. The second-order valence-electron chi connectivity index (χ2n) is 7.32. The lowest BCUT2D eigenvalue weighted by molar-refractivity contribution is 0.0595. The van der Waals surface area contributed by atoms with E-state index in [1.807, 2.05) is 0 Å². The Hall–Kier alpha value is -2.32. The molecule has 0 aliphatic carbocycles. The third-order valence-corrected chi connectivity index (χ3v) is 6.72. The SMILES string of the molecule is COC(=O)c1cc(Cc2cc(Oc3c(Br)cc(C(C)(O)[PH+]=O)cc3Br)ccc2O)ccc1F. The molecule has 0 radical (unpaired) electrons. The number of halogens is 3. The minimum atomic E-state index is -1.51. The maximum absolute atomic E-state index is 13.9. The van der Waals surface area contributed by atoms with Gasteiger partial charge in [-0.2, -0.15) is 0 Å². The lowest BCUT2D eigenvalue weighted by atomic mass is 10.0. The third kappa shape index (κ3) is 5.79. The zero-order valence-corrected chi connectivity index (χ0v) is 21.7. The quantitative estimate of drug-likeness (QED) is 0.240. The van der Waals surface area contributed by atoms with Gasteiger partial charge in [0.1, 0.15) is 17.3 Å². The maximum atomic E-state index is 13.9. The molecule has 3 aromatic carbocycles. The summed E-state index contributed by atoms with van der Waals surface area (Å²) in [6.45, 7) is 1.44. The second kappa shape index (κ2) is 10.3. The molecule has 0 saturated heterocycles. The Kier molecular flexibility index (Phi) is 7.90. The van der Waals surface area contributed by atoms with Crippen LogP contribution in [0.2, 0.25) is 0 Å². The van der Waals surface area contributed by atoms with Crippen molar-refractivity contribution in [3.63, 3.8) is 0 Å². The number of hydrogen-bond acceptors (Lipinski definition) is 6. The number of ether oxygens (including phenoxy) is 2.